The minimum atomic E-state index is -0.656. The van der Waals surface area contributed by atoms with Gasteiger partial charge in [0.25, 0.3) is 0 Å². The number of aromatic nitrogens is 2. The molecule has 1 aromatic heterocycles. The van der Waals surface area contributed by atoms with Crippen molar-refractivity contribution in [3.8, 4) is 17.0 Å². The van der Waals surface area contributed by atoms with Crippen molar-refractivity contribution in [2.75, 3.05) is 18.5 Å². The number of nitrogens with zero attached hydrogens (tertiary/aromatic N) is 2. The zero-order valence-electron chi connectivity index (χ0n) is 15.1. The van der Waals surface area contributed by atoms with E-state index < -0.39 is 11.9 Å². The number of benzene rings is 2. The highest BCUT2D eigenvalue weighted by atomic mass is 19.1. The molecule has 6 heteroatoms. The van der Waals surface area contributed by atoms with Gasteiger partial charge in [0.15, 0.2) is 11.6 Å². The standard InChI is InChI=1S/C21H22FN3O2/c1-2-10-27-20-9-8-16(11-17(20)22)18-12-21(25-14-24-18)23-13-19(26)15-6-4-3-5-7-15/h3-9,11-12,14,19,26H,2,10,13H2,1H3,(H,23,24,25). The summed E-state index contributed by atoms with van der Waals surface area (Å²) in [6, 6.07) is 15.9. The topological polar surface area (TPSA) is 67.3 Å². The molecule has 27 heavy (non-hydrogen) atoms. The average Bonchev–Trinajstić information content (AvgIpc) is 2.72. The van der Waals surface area contributed by atoms with Gasteiger partial charge in [-0.3, -0.25) is 0 Å². The van der Waals surface area contributed by atoms with Crippen LogP contribution in [0.3, 0.4) is 0 Å². The van der Waals surface area contributed by atoms with E-state index >= 15 is 0 Å². The van der Waals surface area contributed by atoms with E-state index in [0.717, 1.165) is 12.0 Å². The molecular weight excluding hydrogens is 345 g/mol. The molecule has 0 radical (unpaired) electrons. The van der Waals surface area contributed by atoms with Gasteiger partial charge in [-0.2, -0.15) is 0 Å². The maximum Gasteiger partial charge on any atom is 0.165 e. The highest BCUT2D eigenvalue weighted by molar-refractivity contribution is 5.63. The van der Waals surface area contributed by atoms with E-state index in [0.29, 0.717) is 30.2 Å². The van der Waals surface area contributed by atoms with Gasteiger partial charge >= 0.3 is 0 Å². The first-order valence-corrected chi connectivity index (χ1v) is 8.89. The fourth-order valence-corrected chi connectivity index (χ4v) is 2.60. The summed E-state index contributed by atoms with van der Waals surface area (Å²) in [5.74, 6) is 0.370. The number of nitrogens with one attached hydrogen (secondary N) is 1. The minimum Gasteiger partial charge on any atom is -0.491 e. The Bertz CT molecular complexity index is 874. The summed E-state index contributed by atoms with van der Waals surface area (Å²) >= 11 is 0. The SMILES string of the molecule is CCCOc1ccc(-c2cc(NCC(O)c3ccccc3)ncn2)cc1F. The molecule has 1 heterocycles. The number of aliphatic hydroxyl groups excluding tert-OH is 1. The predicted molar refractivity (Wildman–Crippen MR) is 103 cm³/mol. The number of ether oxygens (including phenoxy) is 1. The van der Waals surface area contributed by atoms with Crippen LogP contribution in [-0.4, -0.2) is 28.2 Å². The molecule has 3 rings (SSSR count). The van der Waals surface area contributed by atoms with Crippen LogP contribution in [0.2, 0.25) is 0 Å². The molecule has 3 aromatic rings. The van der Waals surface area contributed by atoms with Gasteiger partial charge in [-0.05, 0) is 30.2 Å². The van der Waals surface area contributed by atoms with E-state index in [-0.39, 0.29) is 5.75 Å². The number of aliphatic hydroxyl groups is 1. The van der Waals surface area contributed by atoms with Crippen LogP contribution in [0.1, 0.15) is 25.0 Å². The van der Waals surface area contributed by atoms with Crippen molar-refractivity contribution < 1.29 is 14.2 Å². The third-order valence-electron chi connectivity index (χ3n) is 4.02. The quantitative estimate of drug-likeness (QED) is 0.624. The minimum absolute atomic E-state index is 0.235. The van der Waals surface area contributed by atoms with Gasteiger partial charge in [-0.25, -0.2) is 14.4 Å². The Hall–Kier alpha value is -2.99. The van der Waals surface area contributed by atoms with Crippen molar-refractivity contribution in [1.29, 1.82) is 0 Å². The number of anilines is 1. The molecule has 1 unspecified atom stereocenters. The Labute approximate surface area is 157 Å². The zero-order valence-corrected chi connectivity index (χ0v) is 15.1. The third kappa shape index (κ3) is 5.01. The van der Waals surface area contributed by atoms with Gasteiger partial charge < -0.3 is 15.2 Å². The second-order valence-electron chi connectivity index (χ2n) is 6.09. The monoisotopic (exact) mass is 367 g/mol. The highest BCUT2D eigenvalue weighted by Crippen LogP contribution is 2.25. The van der Waals surface area contributed by atoms with E-state index in [9.17, 15) is 9.50 Å². The van der Waals surface area contributed by atoms with Crippen LogP contribution in [0.4, 0.5) is 10.2 Å². The molecule has 0 aliphatic carbocycles. The Morgan fingerprint density at radius 1 is 1.11 bits per heavy atom. The van der Waals surface area contributed by atoms with Gasteiger partial charge in [0.2, 0.25) is 0 Å². The van der Waals surface area contributed by atoms with Gasteiger partial charge in [-0.15, -0.1) is 0 Å². The molecule has 0 amide bonds. The van der Waals surface area contributed by atoms with Crippen LogP contribution in [-0.2, 0) is 0 Å². The van der Waals surface area contributed by atoms with E-state index in [1.165, 1.54) is 12.4 Å². The molecule has 1 atom stereocenters. The lowest BCUT2D eigenvalue weighted by Crippen LogP contribution is -2.13. The van der Waals surface area contributed by atoms with E-state index in [4.69, 9.17) is 4.74 Å². The Morgan fingerprint density at radius 3 is 2.67 bits per heavy atom. The summed E-state index contributed by atoms with van der Waals surface area (Å²) in [5, 5.41) is 13.3. The largest absolute Gasteiger partial charge is 0.491 e. The van der Waals surface area contributed by atoms with Crippen LogP contribution in [0, 0.1) is 5.82 Å². The van der Waals surface area contributed by atoms with Gasteiger partial charge in [0.1, 0.15) is 12.1 Å². The van der Waals surface area contributed by atoms with Crippen LogP contribution in [0.15, 0.2) is 60.9 Å². The average molecular weight is 367 g/mol. The molecular formula is C21H22FN3O2. The number of halogens is 1. The lowest BCUT2D eigenvalue weighted by atomic mass is 10.1. The maximum atomic E-state index is 14.2. The van der Waals surface area contributed by atoms with Crippen molar-refractivity contribution in [3.05, 3.63) is 72.3 Å². The van der Waals surface area contributed by atoms with Crippen LogP contribution >= 0.6 is 0 Å². The van der Waals surface area contributed by atoms with Crippen molar-refractivity contribution in [2.24, 2.45) is 0 Å². The highest BCUT2D eigenvalue weighted by Gasteiger charge is 2.10. The number of hydrogen-bond acceptors (Lipinski definition) is 5. The summed E-state index contributed by atoms with van der Waals surface area (Å²) in [5.41, 5.74) is 2.04. The van der Waals surface area contributed by atoms with Crippen molar-refractivity contribution in [1.82, 2.24) is 9.97 Å². The fourth-order valence-electron chi connectivity index (χ4n) is 2.60. The lowest BCUT2D eigenvalue weighted by Gasteiger charge is -2.13. The molecule has 5 nitrogen and oxygen atoms in total. The third-order valence-corrected chi connectivity index (χ3v) is 4.02. The molecule has 2 aromatic carbocycles. The Morgan fingerprint density at radius 2 is 1.93 bits per heavy atom. The normalized spacial score (nSPS) is 11.8. The van der Waals surface area contributed by atoms with E-state index in [1.807, 2.05) is 37.3 Å². The van der Waals surface area contributed by atoms with Gasteiger partial charge in [0, 0.05) is 18.2 Å². The van der Waals surface area contributed by atoms with Crippen LogP contribution in [0.25, 0.3) is 11.3 Å². The molecule has 0 fully saturated rings. The second kappa shape index (κ2) is 9.09. The zero-order chi connectivity index (χ0) is 19.1. The van der Waals surface area contributed by atoms with Crippen LogP contribution < -0.4 is 10.1 Å². The van der Waals surface area contributed by atoms with E-state index in [2.05, 4.69) is 15.3 Å². The van der Waals surface area contributed by atoms with Crippen molar-refractivity contribution in [2.45, 2.75) is 19.4 Å². The summed E-state index contributed by atoms with van der Waals surface area (Å²) in [6.45, 7) is 2.75. The molecule has 2 N–H and O–H groups in total. The number of rotatable bonds is 8. The first-order chi connectivity index (χ1) is 13.2. The molecule has 0 aliphatic heterocycles. The first-order valence-electron chi connectivity index (χ1n) is 8.89. The number of hydrogen-bond donors (Lipinski definition) is 2. The molecule has 140 valence electrons. The molecule has 0 spiro atoms. The summed E-state index contributed by atoms with van der Waals surface area (Å²) < 4.78 is 19.5. The predicted octanol–water partition coefficient (Wildman–Crippen LogP) is 4.22. The lowest BCUT2D eigenvalue weighted by molar-refractivity contribution is 0.191. The van der Waals surface area contributed by atoms with Gasteiger partial charge in [0.05, 0.1) is 18.4 Å². The Balaban J connectivity index is 1.69. The van der Waals surface area contributed by atoms with Gasteiger partial charge in [-0.1, -0.05) is 37.3 Å². The molecule has 0 bridgehead atoms. The maximum absolute atomic E-state index is 14.2. The van der Waals surface area contributed by atoms with Crippen molar-refractivity contribution in [3.63, 3.8) is 0 Å². The summed E-state index contributed by atoms with van der Waals surface area (Å²) in [6.07, 6.45) is 1.57. The first kappa shape index (κ1) is 18.8. The smallest absolute Gasteiger partial charge is 0.165 e. The molecule has 0 aliphatic rings. The van der Waals surface area contributed by atoms with Crippen LogP contribution in [0.5, 0.6) is 5.75 Å². The second-order valence-corrected chi connectivity index (χ2v) is 6.09. The molecule has 0 saturated carbocycles. The molecule has 0 saturated heterocycles. The van der Waals surface area contributed by atoms with Crippen molar-refractivity contribution >= 4 is 5.82 Å². The summed E-state index contributed by atoms with van der Waals surface area (Å²) in [7, 11) is 0. The Kier molecular flexibility index (Phi) is 6.33. The summed E-state index contributed by atoms with van der Waals surface area (Å²) in [4.78, 5) is 8.37. The van der Waals surface area contributed by atoms with E-state index in [1.54, 1.807) is 18.2 Å². The fraction of sp³-hybridized carbons (Fsp3) is 0.238.